The van der Waals surface area contributed by atoms with Crippen molar-refractivity contribution in [2.75, 3.05) is 7.11 Å². The molecule has 0 aromatic heterocycles. The number of hydrogen-bond acceptors (Lipinski definition) is 1. The summed E-state index contributed by atoms with van der Waals surface area (Å²) in [5.41, 5.74) is 3.13. The minimum Gasteiger partial charge on any atom is -0.372 e. The number of ether oxygens (including phenoxy) is 1. The molecule has 1 saturated carbocycles. The second-order valence-electron chi connectivity index (χ2n) is 7.36. The van der Waals surface area contributed by atoms with Crippen molar-refractivity contribution >= 4 is 0 Å². The predicted molar refractivity (Wildman–Crippen MR) is 103 cm³/mol. The fourth-order valence-corrected chi connectivity index (χ4v) is 5.28. The van der Waals surface area contributed by atoms with E-state index in [1.807, 2.05) is 7.11 Å². The second-order valence-corrected chi connectivity index (χ2v) is 7.36. The predicted octanol–water partition coefficient (Wildman–Crippen LogP) is 5.55. The van der Waals surface area contributed by atoms with Crippen LogP contribution in [-0.2, 0) is 15.8 Å². The van der Waals surface area contributed by atoms with Crippen LogP contribution in [0.15, 0.2) is 91.0 Å². The zero-order chi connectivity index (χ0) is 17.5. The first kappa shape index (κ1) is 16.1. The summed E-state index contributed by atoms with van der Waals surface area (Å²) >= 11 is 0. The molecule has 0 heterocycles. The van der Waals surface area contributed by atoms with Crippen LogP contribution in [0.2, 0.25) is 0 Å². The Morgan fingerprint density at radius 3 is 1.28 bits per heavy atom. The lowest BCUT2D eigenvalue weighted by molar-refractivity contribution is 0.0376. The zero-order valence-electron chi connectivity index (χ0n) is 15.1. The van der Waals surface area contributed by atoms with Crippen LogP contribution in [0, 0.1) is 5.41 Å². The molecule has 0 amide bonds. The van der Waals surface area contributed by atoms with Crippen molar-refractivity contribution < 1.29 is 4.74 Å². The van der Waals surface area contributed by atoms with Crippen LogP contribution in [0.5, 0.6) is 0 Å². The Morgan fingerprint density at radius 1 is 0.560 bits per heavy atom. The van der Waals surface area contributed by atoms with E-state index in [0.29, 0.717) is 0 Å². The van der Waals surface area contributed by atoms with Gasteiger partial charge in [0.15, 0.2) is 0 Å². The van der Waals surface area contributed by atoms with Gasteiger partial charge in [-0.2, -0.15) is 0 Å². The van der Waals surface area contributed by atoms with Crippen molar-refractivity contribution in [2.24, 2.45) is 5.41 Å². The molecular formula is C24H24O. The van der Waals surface area contributed by atoms with Gasteiger partial charge in [0.25, 0.3) is 0 Å². The Labute approximate surface area is 150 Å². The van der Waals surface area contributed by atoms with Crippen molar-refractivity contribution in [3.05, 3.63) is 108 Å². The summed E-state index contributed by atoms with van der Waals surface area (Å²) in [4.78, 5) is 0. The summed E-state index contributed by atoms with van der Waals surface area (Å²) in [7, 11) is 1.85. The van der Waals surface area contributed by atoms with Gasteiger partial charge >= 0.3 is 0 Å². The summed E-state index contributed by atoms with van der Waals surface area (Å²) < 4.78 is 6.37. The SMILES string of the molecule is COC1(c2ccccc2)C(C)(C)C1(c1ccccc1)c1ccccc1. The van der Waals surface area contributed by atoms with Crippen LogP contribution in [0.1, 0.15) is 30.5 Å². The molecule has 126 valence electrons. The minimum atomic E-state index is -0.399. The lowest BCUT2D eigenvalue weighted by atomic mass is 9.80. The number of methoxy groups -OCH3 is 1. The van der Waals surface area contributed by atoms with E-state index in [1.165, 1.54) is 16.7 Å². The van der Waals surface area contributed by atoms with E-state index < -0.39 is 5.60 Å². The highest BCUT2D eigenvalue weighted by molar-refractivity contribution is 5.61. The third-order valence-corrected chi connectivity index (χ3v) is 6.18. The highest BCUT2D eigenvalue weighted by Crippen LogP contribution is 2.81. The average Bonchev–Trinajstić information content (AvgIpc) is 3.15. The summed E-state index contributed by atoms with van der Waals surface area (Å²) in [5, 5.41) is 0. The number of hydrogen-bond donors (Lipinski definition) is 0. The van der Waals surface area contributed by atoms with Crippen molar-refractivity contribution in [2.45, 2.75) is 24.9 Å². The molecule has 0 saturated heterocycles. The van der Waals surface area contributed by atoms with Gasteiger partial charge < -0.3 is 4.74 Å². The molecule has 1 aliphatic rings. The first-order valence-electron chi connectivity index (χ1n) is 8.84. The Hall–Kier alpha value is -2.38. The van der Waals surface area contributed by atoms with Crippen LogP contribution in [0.25, 0.3) is 0 Å². The maximum Gasteiger partial charge on any atom is 0.113 e. The van der Waals surface area contributed by atoms with Crippen molar-refractivity contribution in [3.8, 4) is 0 Å². The van der Waals surface area contributed by atoms with Gasteiger partial charge in [-0.3, -0.25) is 0 Å². The molecule has 0 bridgehead atoms. The zero-order valence-corrected chi connectivity index (χ0v) is 15.1. The Morgan fingerprint density at radius 2 is 0.920 bits per heavy atom. The standard InChI is InChI=1S/C24H24O/c1-22(2)23(19-13-7-4-8-14-19,20-15-9-5-10-16-20)24(22,25-3)21-17-11-6-12-18-21/h4-18H,1-3H3. The molecule has 1 fully saturated rings. The van der Waals surface area contributed by atoms with Gasteiger partial charge in [0, 0.05) is 12.5 Å². The second kappa shape index (κ2) is 5.57. The molecule has 25 heavy (non-hydrogen) atoms. The lowest BCUT2D eigenvalue weighted by Crippen LogP contribution is -2.25. The Kier molecular flexibility index (Phi) is 3.59. The molecule has 1 unspecified atom stereocenters. The third kappa shape index (κ3) is 1.82. The smallest absolute Gasteiger partial charge is 0.113 e. The highest BCUT2D eigenvalue weighted by atomic mass is 16.5. The fraction of sp³-hybridized carbons (Fsp3) is 0.250. The normalized spacial score (nSPS) is 23.2. The number of rotatable bonds is 4. The van der Waals surface area contributed by atoms with Gasteiger partial charge in [-0.15, -0.1) is 0 Å². The molecule has 1 aliphatic carbocycles. The fourth-order valence-electron chi connectivity index (χ4n) is 5.28. The molecule has 0 spiro atoms. The molecule has 1 atom stereocenters. The highest BCUT2D eigenvalue weighted by Gasteiger charge is 2.85. The molecule has 3 aromatic rings. The summed E-state index contributed by atoms with van der Waals surface area (Å²) in [5.74, 6) is 0. The van der Waals surface area contributed by atoms with Crippen LogP contribution in [0.4, 0.5) is 0 Å². The van der Waals surface area contributed by atoms with Gasteiger partial charge in [0.2, 0.25) is 0 Å². The van der Waals surface area contributed by atoms with E-state index in [4.69, 9.17) is 4.74 Å². The number of benzene rings is 3. The lowest BCUT2D eigenvalue weighted by Gasteiger charge is -2.26. The molecule has 0 aliphatic heterocycles. The van der Waals surface area contributed by atoms with Gasteiger partial charge in [-0.1, -0.05) is 105 Å². The Bertz CT molecular complexity index is 813. The van der Waals surface area contributed by atoms with E-state index >= 15 is 0 Å². The van der Waals surface area contributed by atoms with E-state index in [9.17, 15) is 0 Å². The van der Waals surface area contributed by atoms with Crippen LogP contribution >= 0.6 is 0 Å². The van der Waals surface area contributed by atoms with Crippen LogP contribution in [0.3, 0.4) is 0 Å². The summed E-state index contributed by atoms with van der Waals surface area (Å²) in [6.45, 7) is 4.65. The minimum absolute atomic E-state index is 0.0845. The third-order valence-electron chi connectivity index (χ3n) is 6.18. The maximum absolute atomic E-state index is 6.37. The van der Waals surface area contributed by atoms with Gasteiger partial charge in [0.05, 0.1) is 5.41 Å². The first-order valence-corrected chi connectivity index (χ1v) is 8.84. The molecule has 3 aromatic carbocycles. The van der Waals surface area contributed by atoms with Crippen molar-refractivity contribution in [1.82, 2.24) is 0 Å². The van der Waals surface area contributed by atoms with E-state index in [0.717, 1.165) is 0 Å². The average molecular weight is 328 g/mol. The topological polar surface area (TPSA) is 9.23 Å². The molecule has 0 radical (unpaired) electrons. The van der Waals surface area contributed by atoms with Crippen LogP contribution in [-0.4, -0.2) is 7.11 Å². The Balaban J connectivity index is 2.06. The van der Waals surface area contributed by atoms with Gasteiger partial charge in [-0.05, 0) is 16.7 Å². The van der Waals surface area contributed by atoms with E-state index in [-0.39, 0.29) is 10.8 Å². The van der Waals surface area contributed by atoms with Gasteiger partial charge in [0.1, 0.15) is 5.60 Å². The maximum atomic E-state index is 6.37. The molecule has 1 nitrogen and oxygen atoms in total. The quantitative estimate of drug-likeness (QED) is 0.610. The molecule has 0 N–H and O–H groups in total. The molecule has 1 heteroatoms. The van der Waals surface area contributed by atoms with E-state index in [1.54, 1.807) is 0 Å². The van der Waals surface area contributed by atoms with Crippen LogP contribution < -0.4 is 0 Å². The molecule has 4 rings (SSSR count). The monoisotopic (exact) mass is 328 g/mol. The van der Waals surface area contributed by atoms with Crippen molar-refractivity contribution in [1.29, 1.82) is 0 Å². The largest absolute Gasteiger partial charge is 0.372 e. The van der Waals surface area contributed by atoms with Gasteiger partial charge in [-0.25, -0.2) is 0 Å². The van der Waals surface area contributed by atoms with Crippen molar-refractivity contribution in [3.63, 3.8) is 0 Å². The summed E-state index contributed by atoms with van der Waals surface area (Å²) in [6.07, 6.45) is 0. The van der Waals surface area contributed by atoms with E-state index in [2.05, 4.69) is 105 Å². The first-order chi connectivity index (χ1) is 12.1. The summed E-state index contributed by atoms with van der Waals surface area (Å²) in [6, 6.07) is 32.2. The molecular weight excluding hydrogens is 304 g/mol.